The smallest absolute Gasteiger partial charge is 0.253 e. The molecule has 1 fully saturated rings. The molecule has 1 aliphatic heterocycles. The maximum Gasteiger partial charge on any atom is 0.253 e. The largest absolute Gasteiger partial charge is 0.370 e. The second-order valence-electron chi connectivity index (χ2n) is 6.82. The molecule has 1 saturated heterocycles. The molecule has 1 aliphatic rings. The molecule has 0 N–H and O–H groups in total. The highest BCUT2D eigenvalue weighted by Crippen LogP contribution is 2.24. The first-order chi connectivity index (χ1) is 13.5. The number of benzene rings is 2. The molecule has 0 radical (unpaired) electrons. The molecule has 3 rings (SSSR count). The molecule has 2 aromatic rings. The van der Waals surface area contributed by atoms with Gasteiger partial charge in [0.2, 0.25) is 5.91 Å². The van der Waals surface area contributed by atoms with E-state index < -0.39 is 6.10 Å². The number of halogens is 1. The Morgan fingerprint density at radius 3 is 2.54 bits per heavy atom. The Balaban J connectivity index is 1.64. The average Bonchev–Trinajstić information content (AvgIpc) is 2.72. The second-order valence-corrected chi connectivity index (χ2v) is 6.82. The Labute approximate surface area is 164 Å². The zero-order chi connectivity index (χ0) is 20.1. The Bertz CT molecular complexity index is 878. The molecule has 6 heteroatoms. The van der Waals surface area contributed by atoms with Crippen LogP contribution in [-0.4, -0.2) is 55.4 Å². The first-order valence-corrected chi connectivity index (χ1v) is 9.10. The van der Waals surface area contributed by atoms with Gasteiger partial charge in [-0.3, -0.25) is 9.59 Å². The summed E-state index contributed by atoms with van der Waals surface area (Å²) in [5.74, 6) is -0.554. The number of hydrogen-bond donors (Lipinski definition) is 0. The zero-order valence-corrected chi connectivity index (χ0v) is 16.0. The maximum atomic E-state index is 14.0. The van der Waals surface area contributed by atoms with E-state index in [2.05, 4.69) is 0 Å². The molecule has 146 valence electrons. The predicted molar refractivity (Wildman–Crippen MR) is 105 cm³/mol. The summed E-state index contributed by atoms with van der Waals surface area (Å²) in [6.45, 7) is 1.13. The Hall–Kier alpha value is -2.99. The van der Waals surface area contributed by atoms with Gasteiger partial charge in [0.05, 0.1) is 13.2 Å². The topological polar surface area (TPSA) is 49.9 Å². The van der Waals surface area contributed by atoms with Crippen molar-refractivity contribution in [2.75, 3.05) is 33.8 Å². The van der Waals surface area contributed by atoms with Gasteiger partial charge in [-0.15, -0.1) is 0 Å². The lowest BCUT2D eigenvalue weighted by Gasteiger charge is -2.32. The van der Waals surface area contributed by atoms with Crippen LogP contribution in [0.5, 0.6) is 0 Å². The molecule has 0 bridgehead atoms. The lowest BCUT2D eigenvalue weighted by molar-refractivity contribution is -0.133. The number of carbonyl (C=O) groups is 2. The zero-order valence-electron chi connectivity index (χ0n) is 16.0. The lowest BCUT2D eigenvalue weighted by Crippen LogP contribution is -2.41. The Morgan fingerprint density at radius 2 is 1.86 bits per heavy atom. The SMILES string of the molecule is CN(C)C(=O)c1ccc(/C=C/C(=O)N2CCOC(c3ccccc3F)C2)cc1. The van der Waals surface area contributed by atoms with Gasteiger partial charge < -0.3 is 14.5 Å². The van der Waals surface area contributed by atoms with Crippen LogP contribution in [0.4, 0.5) is 4.39 Å². The molecule has 2 amide bonds. The fourth-order valence-electron chi connectivity index (χ4n) is 3.04. The van der Waals surface area contributed by atoms with Crippen LogP contribution in [-0.2, 0) is 9.53 Å². The van der Waals surface area contributed by atoms with Gasteiger partial charge in [-0.05, 0) is 29.8 Å². The number of nitrogens with zero attached hydrogens (tertiary/aromatic N) is 2. The second kappa shape index (κ2) is 8.80. The van der Waals surface area contributed by atoms with Crippen molar-refractivity contribution < 1.29 is 18.7 Å². The van der Waals surface area contributed by atoms with Crippen LogP contribution in [0.15, 0.2) is 54.6 Å². The highest BCUT2D eigenvalue weighted by atomic mass is 19.1. The van der Waals surface area contributed by atoms with Crippen molar-refractivity contribution in [2.24, 2.45) is 0 Å². The minimum absolute atomic E-state index is 0.0703. The number of amides is 2. The van der Waals surface area contributed by atoms with Crippen molar-refractivity contribution in [1.82, 2.24) is 9.80 Å². The quantitative estimate of drug-likeness (QED) is 0.764. The summed E-state index contributed by atoms with van der Waals surface area (Å²) < 4.78 is 19.6. The normalized spacial score (nSPS) is 17.0. The van der Waals surface area contributed by atoms with Crippen molar-refractivity contribution in [3.05, 3.63) is 77.1 Å². The molecule has 5 nitrogen and oxygen atoms in total. The maximum absolute atomic E-state index is 14.0. The molecule has 2 aromatic carbocycles. The summed E-state index contributed by atoms with van der Waals surface area (Å²) in [6, 6.07) is 13.5. The lowest BCUT2D eigenvalue weighted by atomic mass is 10.1. The molecule has 1 atom stereocenters. The first-order valence-electron chi connectivity index (χ1n) is 9.10. The Kier molecular flexibility index (Phi) is 6.21. The van der Waals surface area contributed by atoms with Gasteiger partial charge in [0.1, 0.15) is 11.9 Å². The number of carbonyl (C=O) groups excluding carboxylic acids is 2. The van der Waals surface area contributed by atoms with Gasteiger partial charge in [0.25, 0.3) is 5.91 Å². The van der Waals surface area contributed by atoms with Gasteiger partial charge >= 0.3 is 0 Å². The molecule has 0 spiro atoms. The van der Waals surface area contributed by atoms with E-state index in [9.17, 15) is 14.0 Å². The standard InChI is InChI=1S/C22H23FN2O3/c1-24(2)22(27)17-10-7-16(8-11-17)9-12-21(26)25-13-14-28-20(15-25)18-5-3-4-6-19(18)23/h3-12,20H,13-15H2,1-2H3/b12-9+. The highest BCUT2D eigenvalue weighted by Gasteiger charge is 2.26. The van der Waals surface area contributed by atoms with Crippen LogP contribution in [0.3, 0.4) is 0 Å². The van der Waals surface area contributed by atoms with Crippen LogP contribution in [0.1, 0.15) is 27.6 Å². The van der Waals surface area contributed by atoms with Gasteiger partial charge in [-0.25, -0.2) is 4.39 Å². The molecule has 0 aliphatic carbocycles. The first kappa shape index (κ1) is 19.8. The van der Waals surface area contributed by atoms with Crippen LogP contribution < -0.4 is 0 Å². The highest BCUT2D eigenvalue weighted by molar-refractivity contribution is 5.94. The molecule has 1 unspecified atom stereocenters. The third-order valence-corrected chi connectivity index (χ3v) is 4.61. The summed E-state index contributed by atoms with van der Waals surface area (Å²) in [6.07, 6.45) is 2.73. The number of hydrogen-bond acceptors (Lipinski definition) is 3. The molecule has 0 saturated carbocycles. The molecule has 1 heterocycles. The van der Waals surface area contributed by atoms with E-state index >= 15 is 0 Å². The molecular weight excluding hydrogens is 359 g/mol. The number of ether oxygens (including phenoxy) is 1. The van der Waals surface area contributed by atoms with Gasteiger partial charge in [-0.1, -0.05) is 30.3 Å². The van der Waals surface area contributed by atoms with Crippen LogP contribution >= 0.6 is 0 Å². The van der Waals surface area contributed by atoms with Crippen molar-refractivity contribution in [3.8, 4) is 0 Å². The summed E-state index contributed by atoms with van der Waals surface area (Å²) >= 11 is 0. The van der Waals surface area contributed by atoms with Gasteiger partial charge in [0, 0.05) is 37.8 Å². The molecule has 0 aromatic heterocycles. The summed E-state index contributed by atoms with van der Waals surface area (Å²) in [5, 5.41) is 0. The third-order valence-electron chi connectivity index (χ3n) is 4.61. The molecule has 28 heavy (non-hydrogen) atoms. The van der Waals surface area contributed by atoms with Crippen molar-refractivity contribution in [2.45, 2.75) is 6.10 Å². The minimum atomic E-state index is -0.469. The van der Waals surface area contributed by atoms with Crippen LogP contribution in [0.2, 0.25) is 0 Å². The monoisotopic (exact) mass is 382 g/mol. The van der Waals surface area contributed by atoms with Crippen molar-refractivity contribution >= 4 is 17.9 Å². The summed E-state index contributed by atoms with van der Waals surface area (Å²) in [5.41, 5.74) is 1.88. The van der Waals surface area contributed by atoms with Crippen molar-refractivity contribution in [1.29, 1.82) is 0 Å². The summed E-state index contributed by atoms with van der Waals surface area (Å²) in [7, 11) is 3.40. The van der Waals surface area contributed by atoms with E-state index in [0.717, 1.165) is 5.56 Å². The van der Waals surface area contributed by atoms with E-state index in [-0.39, 0.29) is 17.6 Å². The third kappa shape index (κ3) is 4.64. The Morgan fingerprint density at radius 1 is 1.14 bits per heavy atom. The van der Waals surface area contributed by atoms with Crippen molar-refractivity contribution in [3.63, 3.8) is 0 Å². The average molecular weight is 382 g/mol. The number of morpholine rings is 1. The fourth-order valence-corrected chi connectivity index (χ4v) is 3.04. The van der Waals surface area contributed by atoms with E-state index in [1.165, 1.54) is 17.0 Å². The molecular formula is C22H23FN2O3. The van der Waals surface area contributed by atoms with Gasteiger partial charge in [-0.2, -0.15) is 0 Å². The minimum Gasteiger partial charge on any atom is -0.370 e. The van der Waals surface area contributed by atoms with E-state index in [0.29, 0.717) is 30.8 Å². The predicted octanol–water partition coefficient (Wildman–Crippen LogP) is 3.14. The van der Waals surface area contributed by atoms with Gasteiger partial charge in [0.15, 0.2) is 0 Å². The summed E-state index contributed by atoms with van der Waals surface area (Å²) in [4.78, 5) is 27.6. The van der Waals surface area contributed by atoms with E-state index in [4.69, 9.17) is 4.74 Å². The van der Waals surface area contributed by atoms with Crippen LogP contribution in [0, 0.1) is 5.82 Å². The number of rotatable bonds is 4. The van der Waals surface area contributed by atoms with Crippen LogP contribution in [0.25, 0.3) is 6.08 Å². The van der Waals surface area contributed by atoms with E-state index in [1.54, 1.807) is 67.5 Å². The van der Waals surface area contributed by atoms with E-state index in [1.807, 2.05) is 0 Å². The fraction of sp³-hybridized carbons (Fsp3) is 0.273.